The van der Waals surface area contributed by atoms with Crippen LogP contribution in [0.25, 0.3) is 0 Å². The predicted octanol–water partition coefficient (Wildman–Crippen LogP) is 9.24. The molecule has 1 rings (SSSR count). The number of aliphatic carboxylic acids is 1. The highest BCUT2D eigenvalue weighted by molar-refractivity contribution is 5.74. The minimum atomic E-state index is -0.718. The molecule has 1 saturated carbocycles. The molecule has 1 aliphatic rings. The van der Waals surface area contributed by atoms with Crippen molar-refractivity contribution in [2.24, 2.45) is 11.8 Å². The van der Waals surface area contributed by atoms with Gasteiger partial charge in [-0.1, -0.05) is 110 Å². The highest BCUT2D eigenvalue weighted by atomic mass is 16.5. The fraction of sp³-hybridized carbons (Fsp3) is 0.933. The van der Waals surface area contributed by atoms with Gasteiger partial charge in [0.05, 0.1) is 11.8 Å². The van der Waals surface area contributed by atoms with Crippen molar-refractivity contribution in [2.75, 3.05) is 0 Å². The Balaban J connectivity index is 2.26. The van der Waals surface area contributed by atoms with Gasteiger partial charge in [0.1, 0.15) is 6.10 Å². The zero-order chi connectivity index (χ0) is 24.9. The first kappa shape index (κ1) is 31.0. The van der Waals surface area contributed by atoms with Gasteiger partial charge in [0.25, 0.3) is 0 Å². The third kappa shape index (κ3) is 15.8. The van der Waals surface area contributed by atoms with Crippen LogP contribution in [0.4, 0.5) is 0 Å². The van der Waals surface area contributed by atoms with Gasteiger partial charge in [-0.3, -0.25) is 9.59 Å². The first-order valence-electron chi connectivity index (χ1n) is 15.0. The molecule has 200 valence electrons. The van der Waals surface area contributed by atoms with Gasteiger partial charge in [-0.25, -0.2) is 0 Å². The Morgan fingerprint density at radius 2 is 0.971 bits per heavy atom. The molecule has 4 heteroatoms. The summed E-state index contributed by atoms with van der Waals surface area (Å²) in [6, 6.07) is 0. The lowest BCUT2D eigenvalue weighted by atomic mass is 9.82. The van der Waals surface area contributed by atoms with Crippen molar-refractivity contribution in [2.45, 2.75) is 168 Å². The molecule has 0 amide bonds. The molecule has 0 saturated heterocycles. The standard InChI is InChI=1S/C30H56O4/c1-3-5-7-9-11-12-13-14-15-17-19-21-28(20-18-16-10-8-6-4-2)34-30(33)27-24-22-26(23-25-27)29(31)32/h26-28H,3-25H2,1-2H3,(H,31,32). The minimum Gasteiger partial charge on any atom is -0.481 e. The van der Waals surface area contributed by atoms with Crippen molar-refractivity contribution in [1.82, 2.24) is 0 Å². The van der Waals surface area contributed by atoms with E-state index in [4.69, 9.17) is 4.74 Å². The Bertz CT molecular complexity index is 496. The molecular weight excluding hydrogens is 424 g/mol. The average Bonchev–Trinajstić information content (AvgIpc) is 2.84. The van der Waals surface area contributed by atoms with Gasteiger partial charge in [0.2, 0.25) is 0 Å². The molecule has 0 aromatic heterocycles. The van der Waals surface area contributed by atoms with E-state index in [1.807, 2.05) is 0 Å². The van der Waals surface area contributed by atoms with Gasteiger partial charge < -0.3 is 9.84 Å². The van der Waals surface area contributed by atoms with E-state index < -0.39 is 5.97 Å². The van der Waals surface area contributed by atoms with Gasteiger partial charge >= 0.3 is 11.9 Å². The van der Waals surface area contributed by atoms with E-state index in [0.29, 0.717) is 25.7 Å². The maximum atomic E-state index is 12.8. The molecule has 4 nitrogen and oxygen atoms in total. The van der Waals surface area contributed by atoms with Gasteiger partial charge in [0, 0.05) is 0 Å². The van der Waals surface area contributed by atoms with Crippen LogP contribution in [0.3, 0.4) is 0 Å². The van der Waals surface area contributed by atoms with Crippen LogP contribution in [0.1, 0.15) is 162 Å². The van der Waals surface area contributed by atoms with E-state index in [1.54, 1.807) is 0 Å². The first-order chi connectivity index (χ1) is 16.6. The van der Waals surface area contributed by atoms with Gasteiger partial charge in [-0.15, -0.1) is 0 Å². The number of hydrogen-bond acceptors (Lipinski definition) is 3. The van der Waals surface area contributed by atoms with Crippen LogP contribution < -0.4 is 0 Å². The number of unbranched alkanes of at least 4 members (excludes halogenated alkanes) is 15. The number of rotatable bonds is 22. The normalized spacial score (nSPS) is 19.1. The van der Waals surface area contributed by atoms with E-state index in [-0.39, 0.29) is 23.9 Å². The van der Waals surface area contributed by atoms with Crippen molar-refractivity contribution in [3.05, 3.63) is 0 Å². The fourth-order valence-corrected chi connectivity index (χ4v) is 5.29. The molecule has 0 spiro atoms. The maximum Gasteiger partial charge on any atom is 0.309 e. The first-order valence-corrected chi connectivity index (χ1v) is 15.0. The van der Waals surface area contributed by atoms with Crippen LogP contribution in [0.2, 0.25) is 0 Å². The highest BCUT2D eigenvalue weighted by Gasteiger charge is 2.31. The number of esters is 1. The number of carbonyl (C=O) groups excluding carboxylic acids is 1. The van der Waals surface area contributed by atoms with Crippen molar-refractivity contribution in [3.8, 4) is 0 Å². The summed E-state index contributed by atoms with van der Waals surface area (Å²) in [5.74, 6) is -1.16. The molecule has 0 radical (unpaired) electrons. The number of carbonyl (C=O) groups is 2. The summed E-state index contributed by atoms with van der Waals surface area (Å²) in [6.07, 6.45) is 26.8. The fourth-order valence-electron chi connectivity index (χ4n) is 5.29. The third-order valence-corrected chi connectivity index (χ3v) is 7.70. The van der Waals surface area contributed by atoms with Gasteiger partial charge in [-0.05, 0) is 51.4 Å². The summed E-state index contributed by atoms with van der Waals surface area (Å²) in [7, 11) is 0. The Morgan fingerprint density at radius 1 is 0.618 bits per heavy atom. The minimum absolute atomic E-state index is 0.0504. The molecule has 0 heterocycles. The van der Waals surface area contributed by atoms with E-state index in [9.17, 15) is 14.7 Å². The lowest BCUT2D eigenvalue weighted by Crippen LogP contribution is -2.29. The molecule has 0 aromatic carbocycles. The van der Waals surface area contributed by atoms with Gasteiger partial charge in [-0.2, -0.15) is 0 Å². The molecule has 1 atom stereocenters. The summed E-state index contributed by atoms with van der Waals surface area (Å²) >= 11 is 0. The molecule has 1 fully saturated rings. The molecule has 0 aromatic rings. The Kier molecular flexibility index (Phi) is 19.3. The summed E-state index contributed by atoms with van der Waals surface area (Å²) < 4.78 is 6.02. The van der Waals surface area contributed by atoms with Crippen LogP contribution in [0, 0.1) is 11.8 Å². The molecule has 1 unspecified atom stereocenters. The third-order valence-electron chi connectivity index (χ3n) is 7.70. The Hall–Kier alpha value is -1.06. The lowest BCUT2D eigenvalue weighted by molar-refractivity contribution is -0.158. The van der Waals surface area contributed by atoms with Crippen molar-refractivity contribution >= 4 is 11.9 Å². The molecule has 34 heavy (non-hydrogen) atoms. The second kappa shape index (κ2) is 21.2. The summed E-state index contributed by atoms with van der Waals surface area (Å²) in [5, 5.41) is 9.20. The van der Waals surface area contributed by atoms with Crippen LogP contribution in [0.15, 0.2) is 0 Å². The smallest absolute Gasteiger partial charge is 0.309 e. The van der Waals surface area contributed by atoms with E-state index in [1.165, 1.54) is 96.3 Å². The Labute approximate surface area is 211 Å². The van der Waals surface area contributed by atoms with Crippen molar-refractivity contribution < 1.29 is 19.4 Å². The summed E-state index contributed by atoms with van der Waals surface area (Å²) in [6.45, 7) is 4.51. The van der Waals surface area contributed by atoms with Crippen LogP contribution in [-0.2, 0) is 14.3 Å². The zero-order valence-corrected chi connectivity index (χ0v) is 22.7. The zero-order valence-electron chi connectivity index (χ0n) is 22.7. The van der Waals surface area contributed by atoms with E-state index >= 15 is 0 Å². The van der Waals surface area contributed by atoms with E-state index in [0.717, 1.165) is 25.7 Å². The molecule has 1 aliphatic carbocycles. The van der Waals surface area contributed by atoms with Gasteiger partial charge in [0.15, 0.2) is 0 Å². The molecule has 0 aliphatic heterocycles. The second-order valence-electron chi connectivity index (χ2n) is 10.8. The topological polar surface area (TPSA) is 63.6 Å². The molecular formula is C30H56O4. The SMILES string of the molecule is CCCCCCCCCCCCCC(CCCCCCCC)OC(=O)C1CCC(C(=O)O)CC1. The Morgan fingerprint density at radius 3 is 1.35 bits per heavy atom. The average molecular weight is 481 g/mol. The van der Waals surface area contributed by atoms with Crippen molar-refractivity contribution in [1.29, 1.82) is 0 Å². The predicted molar refractivity (Wildman–Crippen MR) is 142 cm³/mol. The van der Waals surface area contributed by atoms with Crippen LogP contribution >= 0.6 is 0 Å². The van der Waals surface area contributed by atoms with Crippen molar-refractivity contribution in [3.63, 3.8) is 0 Å². The quantitative estimate of drug-likeness (QED) is 0.124. The number of carboxylic acids is 1. The number of carboxylic acid groups (broad SMARTS) is 1. The summed E-state index contributed by atoms with van der Waals surface area (Å²) in [4.78, 5) is 24.0. The molecule has 1 N–H and O–H groups in total. The molecule has 0 bridgehead atoms. The van der Waals surface area contributed by atoms with E-state index in [2.05, 4.69) is 13.8 Å². The van der Waals surface area contributed by atoms with Crippen LogP contribution in [-0.4, -0.2) is 23.1 Å². The van der Waals surface area contributed by atoms with Crippen LogP contribution in [0.5, 0.6) is 0 Å². The lowest BCUT2D eigenvalue weighted by Gasteiger charge is -2.27. The summed E-state index contributed by atoms with van der Waals surface area (Å²) in [5.41, 5.74) is 0. The number of ether oxygens (including phenoxy) is 1. The maximum absolute atomic E-state index is 12.8. The monoisotopic (exact) mass is 480 g/mol. The number of hydrogen-bond donors (Lipinski definition) is 1. The second-order valence-corrected chi connectivity index (χ2v) is 10.8. The largest absolute Gasteiger partial charge is 0.481 e. The highest BCUT2D eigenvalue weighted by Crippen LogP contribution is 2.30.